The van der Waals surface area contributed by atoms with Crippen molar-refractivity contribution in [1.82, 2.24) is 15.2 Å². The predicted octanol–water partition coefficient (Wildman–Crippen LogP) is 3.33. The molecule has 0 radical (unpaired) electrons. The summed E-state index contributed by atoms with van der Waals surface area (Å²) in [6.07, 6.45) is 9.42. The molecule has 6 nitrogen and oxygen atoms in total. The molecule has 0 aromatic carbocycles. The summed E-state index contributed by atoms with van der Waals surface area (Å²) in [5.74, 6) is 1.24. The molecule has 0 bridgehead atoms. The Morgan fingerprint density at radius 1 is 1.14 bits per heavy atom. The van der Waals surface area contributed by atoms with Gasteiger partial charge < -0.3 is 15.5 Å². The number of fused-ring (bicyclic) bond motifs is 1. The second-order valence-electron chi connectivity index (χ2n) is 8.44. The summed E-state index contributed by atoms with van der Waals surface area (Å²) in [6, 6.07) is 4.22. The molecule has 1 aromatic rings. The van der Waals surface area contributed by atoms with Gasteiger partial charge in [-0.1, -0.05) is 18.9 Å². The van der Waals surface area contributed by atoms with E-state index in [0.717, 1.165) is 31.4 Å². The van der Waals surface area contributed by atoms with Gasteiger partial charge in [0.2, 0.25) is 11.8 Å². The van der Waals surface area contributed by atoms with Crippen LogP contribution in [0.25, 0.3) is 0 Å². The lowest BCUT2D eigenvalue weighted by Crippen LogP contribution is -2.50. The number of hydrogen-bond donors (Lipinski definition) is 2. The minimum Gasteiger partial charge on any atom is -0.341 e. The van der Waals surface area contributed by atoms with E-state index in [-0.39, 0.29) is 48.6 Å². The number of halogens is 2. The third-order valence-corrected chi connectivity index (χ3v) is 6.43. The van der Waals surface area contributed by atoms with Crippen LogP contribution >= 0.6 is 24.8 Å². The van der Waals surface area contributed by atoms with Gasteiger partial charge in [0, 0.05) is 25.3 Å². The van der Waals surface area contributed by atoms with E-state index in [9.17, 15) is 9.59 Å². The summed E-state index contributed by atoms with van der Waals surface area (Å²) in [6.45, 7) is 3.25. The van der Waals surface area contributed by atoms with E-state index >= 15 is 0 Å². The van der Waals surface area contributed by atoms with Gasteiger partial charge in [0.05, 0.1) is 12.0 Å². The van der Waals surface area contributed by atoms with E-state index in [1.165, 1.54) is 25.7 Å². The number of rotatable bonds is 3. The third-order valence-electron chi connectivity index (χ3n) is 6.43. The van der Waals surface area contributed by atoms with Gasteiger partial charge in [-0.3, -0.25) is 9.59 Å². The zero-order chi connectivity index (χ0) is 18.8. The number of pyridine rings is 1. The van der Waals surface area contributed by atoms with Crippen LogP contribution in [0, 0.1) is 18.8 Å². The molecule has 3 heterocycles. The van der Waals surface area contributed by atoms with Gasteiger partial charge in [-0.25, -0.2) is 4.98 Å². The molecule has 1 saturated carbocycles. The van der Waals surface area contributed by atoms with Crippen molar-refractivity contribution >= 4 is 42.4 Å². The van der Waals surface area contributed by atoms with Crippen LogP contribution in [-0.2, 0) is 9.59 Å². The average Bonchev–Trinajstić information content (AvgIpc) is 3.13. The number of carbonyl (C=O) groups excluding carboxylic acids is 2. The maximum Gasteiger partial charge on any atom is 0.239 e. The van der Waals surface area contributed by atoms with Gasteiger partial charge in [0.25, 0.3) is 0 Å². The second-order valence-corrected chi connectivity index (χ2v) is 8.44. The first-order chi connectivity index (χ1) is 13.1. The highest BCUT2D eigenvalue weighted by atomic mass is 35.5. The van der Waals surface area contributed by atoms with Crippen molar-refractivity contribution in [1.29, 1.82) is 0 Å². The molecule has 2 amide bonds. The summed E-state index contributed by atoms with van der Waals surface area (Å²) in [4.78, 5) is 31.8. The Labute approximate surface area is 185 Å². The average molecular weight is 443 g/mol. The molecule has 162 valence electrons. The fourth-order valence-corrected chi connectivity index (χ4v) is 4.89. The molecule has 2 aliphatic heterocycles. The van der Waals surface area contributed by atoms with Gasteiger partial charge in [-0.05, 0) is 56.6 Å². The summed E-state index contributed by atoms with van der Waals surface area (Å²) in [5.41, 5.74) is 1.06. The number of piperidine rings is 1. The van der Waals surface area contributed by atoms with Crippen LogP contribution in [0.15, 0.2) is 18.3 Å². The van der Waals surface area contributed by atoms with Crippen LogP contribution in [0.4, 0.5) is 5.82 Å². The predicted molar refractivity (Wildman–Crippen MR) is 119 cm³/mol. The highest BCUT2D eigenvalue weighted by Crippen LogP contribution is 2.34. The lowest BCUT2D eigenvalue weighted by molar-refractivity contribution is -0.136. The molecular formula is C21H32Cl2N4O2. The highest BCUT2D eigenvalue weighted by Gasteiger charge is 2.40. The first kappa shape index (κ1) is 23.9. The second kappa shape index (κ2) is 10.6. The minimum absolute atomic E-state index is 0. The number of nitrogens with zero attached hydrogens (tertiary/aromatic N) is 2. The van der Waals surface area contributed by atoms with Gasteiger partial charge in [0.15, 0.2) is 0 Å². The third kappa shape index (κ3) is 5.62. The lowest BCUT2D eigenvalue weighted by Gasteiger charge is -2.33. The molecule has 2 saturated heterocycles. The van der Waals surface area contributed by atoms with Crippen molar-refractivity contribution in [3.8, 4) is 0 Å². The molecular weight excluding hydrogens is 411 g/mol. The Balaban J connectivity index is 0.00000150. The first-order valence-electron chi connectivity index (χ1n) is 10.4. The summed E-state index contributed by atoms with van der Waals surface area (Å²) in [5, 5.41) is 6.48. The zero-order valence-electron chi connectivity index (χ0n) is 16.9. The topological polar surface area (TPSA) is 74.3 Å². The largest absolute Gasteiger partial charge is 0.341 e. The maximum absolute atomic E-state index is 13.0. The van der Waals surface area contributed by atoms with E-state index in [1.807, 2.05) is 24.0 Å². The number of hydrogen-bond acceptors (Lipinski definition) is 4. The van der Waals surface area contributed by atoms with E-state index in [1.54, 1.807) is 6.20 Å². The lowest BCUT2D eigenvalue weighted by atomic mass is 9.85. The van der Waals surface area contributed by atoms with Gasteiger partial charge in [0.1, 0.15) is 5.82 Å². The van der Waals surface area contributed by atoms with Gasteiger partial charge in [-0.15, -0.1) is 24.8 Å². The number of aromatic nitrogens is 1. The standard InChI is InChI=1S/C21H30N4O2.2ClH/c1-14-8-9-19(22-12-14)24-20(26)16-6-4-10-25(13-16)21(27)18-11-15-5-2-3-7-17(15)23-18;;/h8-9,12,15-18,23H,2-7,10-11,13H2,1H3,(H,22,24,26);2*1H. The van der Waals surface area contributed by atoms with Crippen molar-refractivity contribution < 1.29 is 9.59 Å². The Kier molecular flexibility index (Phi) is 8.73. The van der Waals surface area contributed by atoms with E-state index in [4.69, 9.17) is 0 Å². The number of nitrogens with one attached hydrogen (secondary N) is 2. The maximum atomic E-state index is 13.0. The zero-order valence-corrected chi connectivity index (χ0v) is 18.6. The fraction of sp³-hybridized carbons (Fsp3) is 0.667. The molecule has 3 aliphatic rings. The van der Waals surface area contributed by atoms with Crippen LogP contribution in [0.1, 0.15) is 50.5 Å². The molecule has 29 heavy (non-hydrogen) atoms. The van der Waals surface area contributed by atoms with E-state index in [0.29, 0.717) is 24.3 Å². The van der Waals surface area contributed by atoms with Crippen molar-refractivity contribution in [2.24, 2.45) is 11.8 Å². The monoisotopic (exact) mass is 442 g/mol. The van der Waals surface area contributed by atoms with Crippen LogP contribution in [0.5, 0.6) is 0 Å². The quantitative estimate of drug-likeness (QED) is 0.752. The molecule has 1 aliphatic carbocycles. The van der Waals surface area contributed by atoms with Crippen molar-refractivity contribution in [2.45, 2.75) is 64.0 Å². The van der Waals surface area contributed by atoms with Crippen molar-refractivity contribution in [2.75, 3.05) is 18.4 Å². The Bertz CT molecular complexity index is 686. The number of anilines is 1. The fourth-order valence-electron chi connectivity index (χ4n) is 4.89. The number of carbonyl (C=O) groups is 2. The summed E-state index contributed by atoms with van der Waals surface area (Å²) in [7, 11) is 0. The smallest absolute Gasteiger partial charge is 0.239 e. The van der Waals surface area contributed by atoms with Crippen LogP contribution < -0.4 is 10.6 Å². The summed E-state index contributed by atoms with van der Waals surface area (Å²) >= 11 is 0. The summed E-state index contributed by atoms with van der Waals surface area (Å²) < 4.78 is 0. The Morgan fingerprint density at radius 3 is 2.66 bits per heavy atom. The highest BCUT2D eigenvalue weighted by molar-refractivity contribution is 5.92. The number of amides is 2. The molecule has 8 heteroatoms. The molecule has 1 aromatic heterocycles. The SMILES string of the molecule is Cc1ccc(NC(=O)C2CCCN(C(=O)C3CC4CCCCC4N3)C2)nc1.Cl.Cl. The van der Waals surface area contributed by atoms with Gasteiger partial charge in [-0.2, -0.15) is 0 Å². The molecule has 3 fully saturated rings. The van der Waals surface area contributed by atoms with E-state index in [2.05, 4.69) is 15.6 Å². The normalized spacial score (nSPS) is 28.5. The van der Waals surface area contributed by atoms with Crippen molar-refractivity contribution in [3.05, 3.63) is 23.9 Å². The van der Waals surface area contributed by atoms with E-state index < -0.39 is 0 Å². The van der Waals surface area contributed by atoms with Crippen LogP contribution in [0.3, 0.4) is 0 Å². The molecule has 4 rings (SSSR count). The van der Waals surface area contributed by atoms with Gasteiger partial charge >= 0.3 is 0 Å². The molecule has 4 atom stereocenters. The number of aryl methyl sites for hydroxylation is 1. The minimum atomic E-state index is -0.158. The van der Waals surface area contributed by atoms with Crippen LogP contribution in [-0.4, -0.2) is 46.9 Å². The molecule has 4 unspecified atom stereocenters. The Hall–Kier alpha value is -1.37. The Morgan fingerprint density at radius 2 is 1.93 bits per heavy atom. The van der Waals surface area contributed by atoms with Crippen molar-refractivity contribution in [3.63, 3.8) is 0 Å². The number of likely N-dealkylation sites (tertiary alicyclic amines) is 1. The molecule has 0 spiro atoms. The molecule has 2 N–H and O–H groups in total. The van der Waals surface area contributed by atoms with Crippen LogP contribution in [0.2, 0.25) is 0 Å². The first-order valence-corrected chi connectivity index (χ1v) is 10.4.